The molecule has 0 aromatic heterocycles. The van der Waals surface area contributed by atoms with Crippen LogP contribution in [0.15, 0.2) is 77.3 Å². The van der Waals surface area contributed by atoms with Gasteiger partial charge in [0.15, 0.2) is 17.3 Å². The van der Waals surface area contributed by atoms with Crippen molar-refractivity contribution < 1.29 is 14.6 Å². The number of carbonyl (C=O) groups is 1. The number of rotatable bonds is 5. The minimum absolute atomic E-state index is 0.0232. The molecule has 0 bridgehead atoms. The number of benzene rings is 3. The second kappa shape index (κ2) is 8.02. The molecule has 3 rings (SSSR count). The lowest BCUT2D eigenvalue weighted by atomic mass is 10.0. The average molecular weight is 409 g/mol. The third-order valence-electron chi connectivity index (χ3n) is 3.99. The van der Waals surface area contributed by atoms with E-state index in [2.05, 4.69) is 15.9 Å². The SMILES string of the molecule is COc1cc(Br)c(/C=C/C(=O)c2ccc(-c3ccccc3)cc2)cc1O. The van der Waals surface area contributed by atoms with Gasteiger partial charge in [-0.25, -0.2) is 0 Å². The quantitative estimate of drug-likeness (QED) is 0.433. The van der Waals surface area contributed by atoms with Crippen molar-refractivity contribution >= 4 is 27.8 Å². The molecule has 0 unspecified atom stereocenters. The van der Waals surface area contributed by atoms with Crippen LogP contribution in [-0.4, -0.2) is 18.0 Å². The van der Waals surface area contributed by atoms with Crippen LogP contribution in [0.2, 0.25) is 0 Å². The van der Waals surface area contributed by atoms with Crippen molar-refractivity contribution in [2.24, 2.45) is 0 Å². The van der Waals surface area contributed by atoms with Crippen LogP contribution in [0.25, 0.3) is 17.2 Å². The summed E-state index contributed by atoms with van der Waals surface area (Å²) in [5, 5.41) is 9.87. The number of ether oxygens (including phenoxy) is 1. The number of aromatic hydroxyl groups is 1. The van der Waals surface area contributed by atoms with Gasteiger partial charge in [0.1, 0.15) is 0 Å². The molecule has 0 saturated heterocycles. The first-order chi connectivity index (χ1) is 12.6. The van der Waals surface area contributed by atoms with Crippen LogP contribution in [-0.2, 0) is 0 Å². The maximum Gasteiger partial charge on any atom is 0.185 e. The summed E-state index contributed by atoms with van der Waals surface area (Å²) in [6, 6.07) is 20.7. The van der Waals surface area contributed by atoms with E-state index in [4.69, 9.17) is 4.74 Å². The predicted octanol–water partition coefficient (Wildman–Crippen LogP) is 5.73. The Morgan fingerprint density at radius 2 is 1.65 bits per heavy atom. The van der Waals surface area contributed by atoms with E-state index in [0.717, 1.165) is 15.6 Å². The summed E-state index contributed by atoms with van der Waals surface area (Å²) >= 11 is 3.41. The number of halogens is 1. The number of phenols is 1. The highest BCUT2D eigenvalue weighted by Crippen LogP contribution is 2.33. The number of allylic oxidation sites excluding steroid dienone is 1. The van der Waals surface area contributed by atoms with Gasteiger partial charge in [-0.05, 0) is 41.0 Å². The molecule has 0 aliphatic carbocycles. The van der Waals surface area contributed by atoms with Crippen LogP contribution in [0.4, 0.5) is 0 Å². The predicted molar refractivity (Wildman–Crippen MR) is 108 cm³/mol. The smallest absolute Gasteiger partial charge is 0.185 e. The van der Waals surface area contributed by atoms with Crippen LogP contribution in [0.3, 0.4) is 0 Å². The molecule has 130 valence electrons. The van der Waals surface area contributed by atoms with E-state index >= 15 is 0 Å². The Bertz CT molecular complexity index is 945. The third-order valence-corrected chi connectivity index (χ3v) is 4.68. The lowest BCUT2D eigenvalue weighted by molar-refractivity contribution is 0.104. The van der Waals surface area contributed by atoms with Gasteiger partial charge >= 0.3 is 0 Å². The Labute approximate surface area is 160 Å². The first-order valence-corrected chi connectivity index (χ1v) is 8.82. The van der Waals surface area contributed by atoms with Gasteiger partial charge in [-0.3, -0.25) is 4.79 Å². The van der Waals surface area contributed by atoms with E-state index in [-0.39, 0.29) is 11.5 Å². The van der Waals surface area contributed by atoms with Crippen LogP contribution in [0.5, 0.6) is 11.5 Å². The normalized spacial score (nSPS) is 10.8. The molecule has 26 heavy (non-hydrogen) atoms. The van der Waals surface area contributed by atoms with E-state index in [1.807, 2.05) is 54.6 Å². The molecule has 0 atom stereocenters. The highest BCUT2D eigenvalue weighted by Gasteiger charge is 2.07. The van der Waals surface area contributed by atoms with Crippen molar-refractivity contribution in [1.29, 1.82) is 0 Å². The number of hydrogen-bond acceptors (Lipinski definition) is 3. The standard InChI is InChI=1S/C22H17BrO3/c1-26-22-14-19(23)18(13-21(22)25)11-12-20(24)17-9-7-16(8-10-17)15-5-3-2-4-6-15/h2-14,25H,1H3/b12-11+. The van der Waals surface area contributed by atoms with E-state index in [0.29, 0.717) is 16.9 Å². The minimum atomic E-state index is -0.105. The summed E-state index contributed by atoms with van der Waals surface area (Å²) in [7, 11) is 1.49. The van der Waals surface area contributed by atoms with Gasteiger partial charge in [-0.15, -0.1) is 0 Å². The molecule has 3 aromatic carbocycles. The zero-order valence-electron chi connectivity index (χ0n) is 14.1. The number of carbonyl (C=O) groups excluding carboxylic acids is 1. The topological polar surface area (TPSA) is 46.5 Å². The third kappa shape index (κ3) is 4.03. The number of hydrogen-bond donors (Lipinski definition) is 1. The maximum absolute atomic E-state index is 12.4. The highest BCUT2D eigenvalue weighted by atomic mass is 79.9. The largest absolute Gasteiger partial charge is 0.504 e. The molecular formula is C22H17BrO3. The first kappa shape index (κ1) is 18.0. The summed E-state index contributed by atoms with van der Waals surface area (Å²) < 4.78 is 5.78. The molecule has 0 aliphatic heterocycles. The van der Waals surface area contributed by atoms with E-state index < -0.39 is 0 Å². The summed E-state index contributed by atoms with van der Waals surface area (Å²) in [6.45, 7) is 0. The zero-order valence-corrected chi connectivity index (χ0v) is 15.7. The molecule has 0 spiro atoms. The molecule has 1 N–H and O–H groups in total. The molecule has 0 amide bonds. The Morgan fingerprint density at radius 3 is 2.31 bits per heavy atom. The zero-order chi connectivity index (χ0) is 18.5. The Hall–Kier alpha value is -2.85. The van der Waals surface area contributed by atoms with Crippen molar-refractivity contribution in [1.82, 2.24) is 0 Å². The fraction of sp³-hybridized carbons (Fsp3) is 0.0455. The monoisotopic (exact) mass is 408 g/mol. The second-order valence-electron chi connectivity index (χ2n) is 5.69. The highest BCUT2D eigenvalue weighted by molar-refractivity contribution is 9.10. The van der Waals surface area contributed by atoms with Crippen LogP contribution < -0.4 is 4.74 Å². The van der Waals surface area contributed by atoms with Gasteiger partial charge < -0.3 is 9.84 Å². The lowest BCUT2D eigenvalue weighted by Crippen LogP contribution is -1.94. The first-order valence-electron chi connectivity index (χ1n) is 8.03. The second-order valence-corrected chi connectivity index (χ2v) is 6.54. The molecule has 0 heterocycles. The van der Waals surface area contributed by atoms with Crippen molar-refractivity contribution in [2.45, 2.75) is 0 Å². The van der Waals surface area contributed by atoms with Crippen molar-refractivity contribution in [2.75, 3.05) is 7.11 Å². The van der Waals surface area contributed by atoms with Crippen molar-refractivity contribution in [3.63, 3.8) is 0 Å². The molecule has 4 heteroatoms. The van der Waals surface area contributed by atoms with E-state index in [1.165, 1.54) is 13.2 Å². The number of ketones is 1. The molecular weight excluding hydrogens is 392 g/mol. The summed E-state index contributed by atoms with van der Waals surface area (Å²) in [5.74, 6) is 0.290. The van der Waals surface area contributed by atoms with Crippen molar-refractivity contribution in [3.05, 3.63) is 88.4 Å². The Kier molecular flexibility index (Phi) is 5.54. The molecule has 0 radical (unpaired) electrons. The van der Waals surface area contributed by atoms with Crippen molar-refractivity contribution in [3.8, 4) is 22.6 Å². The summed E-state index contributed by atoms with van der Waals surface area (Å²) in [6.07, 6.45) is 3.15. The van der Waals surface area contributed by atoms with Crippen LogP contribution in [0, 0.1) is 0 Å². The van der Waals surface area contributed by atoms with Crippen LogP contribution in [0.1, 0.15) is 15.9 Å². The van der Waals surface area contributed by atoms with Gasteiger partial charge in [0, 0.05) is 10.0 Å². The molecule has 0 aliphatic rings. The minimum Gasteiger partial charge on any atom is -0.504 e. The fourth-order valence-corrected chi connectivity index (χ4v) is 3.02. The van der Waals surface area contributed by atoms with Gasteiger partial charge in [0.2, 0.25) is 0 Å². The average Bonchev–Trinajstić information content (AvgIpc) is 2.69. The van der Waals surface area contributed by atoms with Gasteiger partial charge in [0.05, 0.1) is 7.11 Å². The molecule has 0 saturated carbocycles. The van der Waals surface area contributed by atoms with E-state index in [9.17, 15) is 9.90 Å². The number of methoxy groups -OCH3 is 1. The molecule has 0 fully saturated rings. The maximum atomic E-state index is 12.4. The Balaban J connectivity index is 1.78. The summed E-state index contributed by atoms with van der Waals surface area (Å²) in [4.78, 5) is 12.4. The van der Waals surface area contributed by atoms with Gasteiger partial charge in [-0.1, -0.05) is 70.5 Å². The lowest BCUT2D eigenvalue weighted by Gasteiger charge is -2.06. The fourth-order valence-electron chi connectivity index (χ4n) is 2.57. The summed E-state index contributed by atoms with van der Waals surface area (Å²) in [5.41, 5.74) is 3.47. The van der Waals surface area contributed by atoms with Gasteiger partial charge in [-0.2, -0.15) is 0 Å². The Morgan fingerprint density at radius 1 is 1.00 bits per heavy atom. The van der Waals surface area contributed by atoms with Gasteiger partial charge in [0.25, 0.3) is 0 Å². The molecule has 3 nitrogen and oxygen atoms in total. The van der Waals surface area contributed by atoms with E-state index in [1.54, 1.807) is 18.2 Å². The molecule has 3 aromatic rings. The van der Waals surface area contributed by atoms with Crippen LogP contribution >= 0.6 is 15.9 Å². The number of phenolic OH excluding ortho intramolecular Hbond substituents is 1.